The van der Waals surface area contributed by atoms with E-state index >= 15 is 0 Å². The van der Waals surface area contributed by atoms with E-state index in [4.69, 9.17) is 9.72 Å². The summed E-state index contributed by atoms with van der Waals surface area (Å²) in [6.07, 6.45) is 4.57. The topological polar surface area (TPSA) is 188 Å². The lowest BCUT2D eigenvalue weighted by Crippen LogP contribution is -2.62. The highest BCUT2D eigenvalue weighted by atomic mass is 16.5. The molecule has 6 bridgehead atoms. The number of nitrogens with one attached hydrogen (secondary N) is 3. The van der Waals surface area contributed by atoms with E-state index in [0.717, 1.165) is 44.5 Å². The van der Waals surface area contributed by atoms with E-state index in [1.54, 1.807) is 24.1 Å². The van der Waals surface area contributed by atoms with E-state index in [-0.39, 0.29) is 55.0 Å². The Kier molecular flexibility index (Phi) is 13.3. The summed E-state index contributed by atoms with van der Waals surface area (Å²) in [7, 11) is 1.58. The minimum absolute atomic E-state index is 0.000919. The molecule has 4 aromatic rings. The quantitative estimate of drug-likeness (QED) is 0.127. The number of phenolic OH excluding ortho intramolecular Hbond substituents is 1. The van der Waals surface area contributed by atoms with Crippen LogP contribution in [0.2, 0.25) is 0 Å². The number of hydrogen-bond donors (Lipinski definition) is 4. The first-order chi connectivity index (χ1) is 31.5. The van der Waals surface area contributed by atoms with Crippen LogP contribution in [0.3, 0.4) is 0 Å². The smallest absolute Gasteiger partial charge is 0.324 e. The van der Waals surface area contributed by atoms with Crippen LogP contribution in [-0.4, -0.2) is 123 Å². The number of fused-ring (bicyclic) bond motifs is 6. The van der Waals surface area contributed by atoms with Crippen LogP contribution >= 0.6 is 0 Å². The van der Waals surface area contributed by atoms with Gasteiger partial charge in [-0.25, -0.2) is 5.43 Å². The van der Waals surface area contributed by atoms with Gasteiger partial charge in [0.1, 0.15) is 29.9 Å². The Labute approximate surface area is 387 Å². The number of ether oxygens (including phenoxy) is 1. The molecule has 4 N–H and O–H groups in total. The first-order valence-corrected chi connectivity index (χ1v) is 23.7. The highest BCUT2D eigenvalue weighted by molar-refractivity contribution is 5.97. The zero-order valence-corrected chi connectivity index (χ0v) is 39.6. The number of likely N-dealkylation sites (N-methyl/N-ethyl adjacent to an activating group) is 1. The molecular formula is C51H66N8O7. The Hall–Kier alpha value is -5.80. The average Bonchev–Trinajstić information content (AvgIpc) is 3.95. The molecule has 2 aromatic heterocycles. The van der Waals surface area contributed by atoms with Gasteiger partial charge in [0.05, 0.1) is 24.0 Å². The number of phenols is 1. The molecule has 66 heavy (non-hydrogen) atoms. The fourth-order valence-electron chi connectivity index (χ4n) is 10.4. The number of aromatic nitrogens is 2. The second kappa shape index (κ2) is 18.8. The number of esters is 1. The Balaban J connectivity index is 1.19. The van der Waals surface area contributed by atoms with Crippen molar-refractivity contribution in [3.63, 3.8) is 0 Å². The fraction of sp³-hybridized carbons (Fsp3) is 0.529. The summed E-state index contributed by atoms with van der Waals surface area (Å²) in [5.74, 6) is -2.08. The average molecular weight is 903 g/mol. The second-order valence-electron chi connectivity index (χ2n) is 20.1. The highest BCUT2D eigenvalue weighted by Gasteiger charge is 2.44. The van der Waals surface area contributed by atoms with Gasteiger partial charge < -0.3 is 34.8 Å². The van der Waals surface area contributed by atoms with Crippen LogP contribution in [0.25, 0.3) is 33.3 Å². The van der Waals surface area contributed by atoms with Crippen molar-refractivity contribution in [3.8, 4) is 28.1 Å². The molecule has 15 nitrogen and oxygen atoms in total. The number of pyridine rings is 1. The van der Waals surface area contributed by atoms with Gasteiger partial charge in [0, 0.05) is 67.7 Å². The van der Waals surface area contributed by atoms with Crippen LogP contribution in [0.1, 0.15) is 96.9 Å². The van der Waals surface area contributed by atoms with Crippen molar-refractivity contribution in [2.24, 2.45) is 11.3 Å². The number of likely N-dealkylation sites (tertiary alicyclic amines) is 1. The number of cyclic esters (lactones) is 1. The maximum Gasteiger partial charge on any atom is 0.324 e. The molecular weight excluding hydrogens is 837 g/mol. The first kappa shape index (κ1) is 46.7. The first-order valence-electron chi connectivity index (χ1n) is 23.7. The van der Waals surface area contributed by atoms with Crippen molar-refractivity contribution in [1.29, 1.82) is 0 Å². The van der Waals surface area contributed by atoms with Crippen LogP contribution in [0.5, 0.6) is 5.75 Å². The van der Waals surface area contributed by atoms with Crippen molar-refractivity contribution >= 4 is 40.5 Å². The van der Waals surface area contributed by atoms with Crippen LogP contribution in [0.4, 0.5) is 0 Å². The molecule has 5 atom stereocenters. The number of aryl methyl sites for hydroxylation is 1. The van der Waals surface area contributed by atoms with Gasteiger partial charge >= 0.3 is 5.97 Å². The number of aromatic hydroxyl groups is 1. The third-order valence-corrected chi connectivity index (χ3v) is 13.7. The van der Waals surface area contributed by atoms with Crippen molar-refractivity contribution < 1.29 is 33.8 Å². The summed E-state index contributed by atoms with van der Waals surface area (Å²) >= 11 is 0. The van der Waals surface area contributed by atoms with Crippen molar-refractivity contribution in [2.45, 2.75) is 130 Å². The zero-order chi connectivity index (χ0) is 47.2. The SMILES string of the molecule is CCn1c(-c2cccnc2C(C)C)c2c3cc(ccc31)-c1cc(O)cc(c1)C[C@H](NC(=O)[C@H](C(C)C)N(C)C(=O)[C@H]1CCCN1C(=O)[C@@H]1CN1)C(=O)N1CCC[C@H](N1)C(=O)OCC(C)(C)C2. The predicted octanol–water partition coefficient (Wildman–Crippen LogP) is 5.31. The van der Waals surface area contributed by atoms with E-state index in [1.807, 2.05) is 38.2 Å². The molecule has 8 rings (SSSR count). The van der Waals surface area contributed by atoms with Gasteiger partial charge in [0.25, 0.3) is 5.91 Å². The van der Waals surface area contributed by atoms with Gasteiger partial charge in [0.15, 0.2) is 0 Å². The molecule has 0 radical (unpaired) electrons. The van der Waals surface area contributed by atoms with Gasteiger partial charge in [-0.15, -0.1) is 0 Å². The van der Waals surface area contributed by atoms with Crippen LogP contribution in [0.15, 0.2) is 54.7 Å². The van der Waals surface area contributed by atoms with E-state index in [9.17, 15) is 29.1 Å². The normalized spacial score (nSPS) is 22.6. The number of benzene rings is 2. The van der Waals surface area contributed by atoms with E-state index < -0.39 is 47.4 Å². The number of rotatable bonds is 9. The number of amides is 4. The largest absolute Gasteiger partial charge is 0.508 e. The molecule has 352 valence electrons. The van der Waals surface area contributed by atoms with Crippen LogP contribution in [-0.2, 0) is 48.1 Å². The maximum atomic E-state index is 14.8. The van der Waals surface area contributed by atoms with E-state index in [2.05, 4.69) is 73.4 Å². The Morgan fingerprint density at radius 1 is 1.02 bits per heavy atom. The number of nitrogens with zero attached hydrogens (tertiary/aromatic N) is 5. The lowest BCUT2D eigenvalue weighted by atomic mass is 9.83. The molecule has 4 amide bonds. The van der Waals surface area contributed by atoms with E-state index in [1.165, 1.54) is 9.91 Å². The number of hydrazine groups is 1. The fourth-order valence-corrected chi connectivity index (χ4v) is 10.4. The molecule has 3 fully saturated rings. The van der Waals surface area contributed by atoms with Crippen molar-refractivity contribution in [2.75, 3.05) is 33.3 Å². The minimum Gasteiger partial charge on any atom is -0.508 e. The summed E-state index contributed by atoms with van der Waals surface area (Å²) in [4.78, 5) is 78.4. The summed E-state index contributed by atoms with van der Waals surface area (Å²) < 4.78 is 8.45. The lowest BCUT2D eigenvalue weighted by molar-refractivity contribution is -0.155. The van der Waals surface area contributed by atoms with Gasteiger partial charge in [-0.1, -0.05) is 53.7 Å². The Bertz CT molecular complexity index is 2530. The summed E-state index contributed by atoms with van der Waals surface area (Å²) in [5.41, 5.74) is 10.1. The van der Waals surface area contributed by atoms with Gasteiger partial charge in [-0.3, -0.25) is 34.0 Å². The minimum atomic E-state index is -1.16. The standard InChI is InChI=1S/C51H66N8O7/c1-9-57-41-17-16-32-25-36(41)37(45(57)35-13-10-18-52-43(35)29(2)3)26-51(6,7)28-66-50(65)38-14-11-20-59(55-38)48(63)39(23-31-21-33(32)24-34(60)22-31)54-46(61)44(30(4)5)56(8)49(64)42-15-12-19-58(42)47(62)40-27-53-40/h10,13,16-18,21-22,24-25,29-30,38-40,42,44,53,55,60H,9,11-12,14-15,19-20,23,26-28H2,1-8H3,(H,54,61)/t38-,39-,40-,42+,44-/m0/s1. The van der Waals surface area contributed by atoms with Gasteiger partial charge in [0.2, 0.25) is 17.7 Å². The van der Waals surface area contributed by atoms with Crippen molar-refractivity contribution in [1.82, 2.24) is 40.4 Å². The molecule has 3 saturated heterocycles. The van der Waals surface area contributed by atoms with Gasteiger partial charge in [-0.2, -0.15) is 0 Å². The second-order valence-corrected chi connectivity index (χ2v) is 20.1. The molecule has 6 heterocycles. The monoisotopic (exact) mass is 903 g/mol. The molecule has 0 spiro atoms. The third kappa shape index (κ3) is 9.42. The molecule has 0 unspecified atom stereocenters. The van der Waals surface area contributed by atoms with Crippen LogP contribution < -0.4 is 16.1 Å². The Morgan fingerprint density at radius 2 is 1.77 bits per heavy atom. The predicted molar refractivity (Wildman–Crippen MR) is 252 cm³/mol. The summed E-state index contributed by atoms with van der Waals surface area (Å²) in [5, 5.41) is 19.8. The third-order valence-electron chi connectivity index (χ3n) is 13.7. The highest BCUT2D eigenvalue weighted by Crippen LogP contribution is 2.42. The molecule has 4 aliphatic heterocycles. The Morgan fingerprint density at radius 3 is 2.48 bits per heavy atom. The number of carbonyl (C=O) groups is 5. The van der Waals surface area contributed by atoms with Crippen molar-refractivity contribution in [3.05, 3.63) is 71.5 Å². The molecule has 2 aromatic carbocycles. The maximum absolute atomic E-state index is 14.8. The van der Waals surface area contributed by atoms with Crippen LogP contribution in [0, 0.1) is 11.3 Å². The van der Waals surface area contributed by atoms with E-state index in [0.29, 0.717) is 57.3 Å². The lowest BCUT2D eigenvalue weighted by Gasteiger charge is -2.37. The molecule has 15 heteroatoms. The zero-order valence-electron chi connectivity index (χ0n) is 39.6. The number of carbonyl (C=O) groups excluding carboxylic acids is 5. The molecule has 4 aliphatic rings. The molecule has 0 aliphatic carbocycles. The van der Waals surface area contributed by atoms with Gasteiger partial charge in [-0.05, 0) is 110 Å². The molecule has 0 saturated carbocycles. The number of hydrogen-bond acceptors (Lipinski definition) is 10. The summed E-state index contributed by atoms with van der Waals surface area (Å²) in [6.45, 7) is 16.5. The summed E-state index contributed by atoms with van der Waals surface area (Å²) in [6, 6.07) is 11.8.